The highest BCUT2D eigenvalue weighted by Gasteiger charge is 2.15. The van der Waals surface area contributed by atoms with Gasteiger partial charge in [0.25, 0.3) is 0 Å². The van der Waals surface area contributed by atoms with Crippen molar-refractivity contribution in [2.45, 2.75) is 52.5 Å². The molecule has 0 fully saturated rings. The lowest BCUT2D eigenvalue weighted by Gasteiger charge is -2.11. The standard InChI is InChI=1S/C27H29N3O2/c1-19-8-12-21(13-9-19)25-26(22-14-10-20(2)11-15-22)29-27-23(28-25)16-18-30(27)17-6-4-3-5-7-24(31)32/h8-16,18H,3-7,17H2,1-2H3,(H,31,32). The van der Waals surface area contributed by atoms with Crippen LogP contribution in [0.1, 0.15) is 43.2 Å². The maximum atomic E-state index is 10.7. The molecule has 0 aliphatic heterocycles. The maximum Gasteiger partial charge on any atom is 0.303 e. The van der Waals surface area contributed by atoms with Crippen LogP contribution in [0.25, 0.3) is 33.7 Å². The van der Waals surface area contributed by atoms with Crippen molar-refractivity contribution < 1.29 is 9.90 Å². The highest BCUT2D eigenvalue weighted by molar-refractivity contribution is 5.85. The normalized spacial score (nSPS) is 11.2. The van der Waals surface area contributed by atoms with E-state index in [1.54, 1.807) is 0 Å². The molecule has 2 aromatic carbocycles. The number of carbonyl (C=O) groups is 1. The molecule has 0 aliphatic carbocycles. The van der Waals surface area contributed by atoms with Gasteiger partial charge in [0, 0.05) is 30.3 Å². The quantitative estimate of drug-likeness (QED) is 0.313. The minimum Gasteiger partial charge on any atom is -0.481 e. The van der Waals surface area contributed by atoms with Crippen molar-refractivity contribution in [1.82, 2.24) is 14.5 Å². The third-order valence-corrected chi connectivity index (χ3v) is 5.78. The molecule has 0 bridgehead atoms. The zero-order valence-corrected chi connectivity index (χ0v) is 18.7. The van der Waals surface area contributed by atoms with E-state index in [-0.39, 0.29) is 6.42 Å². The van der Waals surface area contributed by atoms with Crippen molar-refractivity contribution in [3.63, 3.8) is 0 Å². The molecule has 0 saturated heterocycles. The van der Waals surface area contributed by atoms with Crippen LogP contribution in [0.3, 0.4) is 0 Å². The minimum atomic E-state index is -0.718. The van der Waals surface area contributed by atoms with Gasteiger partial charge in [-0.25, -0.2) is 9.97 Å². The van der Waals surface area contributed by atoms with Crippen LogP contribution in [0.2, 0.25) is 0 Å². The topological polar surface area (TPSA) is 68.0 Å². The third-order valence-electron chi connectivity index (χ3n) is 5.78. The van der Waals surface area contributed by atoms with Gasteiger partial charge in [0.2, 0.25) is 0 Å². The number of benzene rings is 2. The Morgan fingerprint density at radius 2 is 1.34 bits per heavy atom. The van der Waals surface area contributed by atoms with E-state index < -0.39 is 5.97 Å². The van der Waals surface area contributed by atoms with Crippen LogP contribution < -0.4 is 0 Å². The Morgan fingerprint density at radius 1 is 0.781 bits per heavy atom. The largest absolute Gasteiger partial charge is 0.481 e. The fourth-order valence-electron chi connectivity index (χ4n) is 3.91. The van der Waals surface area contributed by atoms with Crippen molar-refractivity contribution in [1.29, 1.82) is 0 Å². The van der Waals surface area contributed by atoms with E-state index in [1.165, 1.54) is 11.1 Å². The predicted octanol–water partition coefficient (Wildman–Crippen LogP) is 6.42. The molecule has 2 heterocycles. The summed E-state index contributed by atoms with van der Waals surface area (Å²) in [5, 5.41) is 8.77. The molecule has 5 nitrogen and oxygen atoms in total. The molecule has 164 valence electrons. The first-order chi connectivity index (χ1) is 15.5. The number of rotatable bonds is 9. The molecule has 0 unspecified atom stereocenters. The number of aryl methyl sites for hydroxylation is 3. The Hall–Kier alpha value is -3.47. The fourth-order valence-corrected chi connectivity index (χ4v) is 3.91. The van der Waals surface area contributed by atoms with E-state index in [1.807, 2.05) is 6.07 Å². The van der Waals surface area contributed by atoms with Crippen LogP contribution in [-0.2, 0) is 11.3 Å². The number of aromatic nitrogens is 3. The average molecular weight is 428 g/mol. The Bertz CT molecular complexity index is 1210. The van der Waals surface area contributed by atoms with Gasteiger partial charge in [-0.1, -0.05) is 72.5 Å². The van der Waals surface area contributed by atoms with Crippen molar-refractivity contribution in [2.75, 3.05) is 0 Å². The lowest BCUT2D eigenvalue weighted by molar-refractivity contribution is -0.137. The second-order valence-electron chi connectivity index (χ2n) is 8.43. The monoisotopic (exact) mass is 427 g/mol. The number of fused-ring (bicyclic) bond motifs is 1. The van der Waals surface area contributed by atoms with Crippen LogP contribution in [-0.4, -0.2) is 25.6 Å². The third kappa shape index (κ3) is 5.05. The number of aliphatic carboxylic acids is 1. The summed E-state index contributed by atoms with van der Waals surface area (Å²) in [5.74, 6) is -0.718. The van der Waals surface area contributed by atoms with Gasteiger partial charge in [-0.2, -0.15) is 0 Å². The predicted molar refractivity (Wildman–Crippen MR) is 129 cm³/mol. The average Bonchev–Trinajstić information content (AvgIpc) is 3.18. The van der Waals surface area contributed by atoms with E-state index in [4.69, 9.17) is 15.1 Å². The molecule has 0 saturated carbocycles. The van der Waals surface area contributed by atoms with Crippen LogP contribution in [0.4, 0.5) is 0 Å². The summed E-state index contributed by atoms with van der Waals surface area (Å²) in [7, 11) is 0. The highest BCUT2D eigenvalue weighted by Crippen LogP contribution is 2.31. The van der Waals surface area contributed by atoms with Crippen molar-refractivity contribution in [3.05, 3.63) is 71.9 Å². The van der Waals surface area contributed by atoms with E-state index >= 15 is 0 Å². The first-order valence-corrected chi connectivity index (χ1v) is 11.2. The molecule has 0 radical (unpaired) electrons. The summed E-state index contributed by atoms with van der Waals surface area (Å²) in [5.41, 5.74) is 8.12. The Morgan fingerprint density at radius 3 is 1.94 bits per heavy atom. The summed E-state index contributed by atoms with van der Waals surface area (Å²) < 4.78 is 2.16. The molecular formula is C27H29N3O2. The van der Waals surface area contributed by atoms with Crippen molar-refractivity contribution in [3.8, 4) is 22.5 Å². The van der Waals surface area contributed by atoms with Gasteiger partial charge in [0.05, 0.1) is 11.4 Å². The zero-order valence-electron chi connectivity index (χ0n) is 18.7. The van der Waals surface area contributed by atoms with Crippen LogP contribution in [0.15, 0.2) is 60.8 Å². The Labute approximate surface area is 188 Å². The molecule has 32 heavy (non-hydrogen) atoms. The molecule has 0 spiro atoms. The van der Waals surface area contributed by atoms with Crippen LogP contribution in [0.5, 0.6) is 0 Å². The highest BCUT2D eigenvalue weighted by atomic mass is 16.4. The Kier molecular flexibility index (Phi) is 6.64. The first-order valence-electron chi connectivity index (χ1n) is 11.2. The summed E-state index contributed by atoms with van der Waals surface area (Å²) >= 11 is 0. The summed E-state index contributed by atoms with van der Waals surface area (Å²) in [4.78, 5) is 20.8. The number of hydrogen-bond donors (Lipinski definition) is 1. The smallest absolute Gasteiger partial charge is 0.303 e. The van der Waals surface area contributed by atoms with Crippen LogP contribution in [0, 0.1) is 13.8 Å². The summed E-state index contributed by atoms with van der Waals surface area (Å²) in [6, 6.07) is 18.9. The number of nitrogens with zero attached hydrogens (tertiary/aromatic N) is 3. The maximum absolute atomic E-state index is 10.7. The van der Waals surface area contributed by atoms with Gasteiger partial charge in [0.1, 0.15) is 5.52 Å². The number of unbranched alkanes of at least 4 members (excludes halogenated alkanes) is 3. The summed E-state index contributed by atoms with van der Waals surface area (Å²) in [6.45, 7) is 5.02. The molecule has 4 rings (SSSR count). The molecular weight excluding hydrogens is 398 g/mol. The summed E-state index contributed by atoms with van der Waals surface area (Å²) in [6.07, 6.45) is 5.97. The van der Waals surface area contributed by atoms with Gasteiger partial charge < -0.3 is 9.67 Å². The lowest BCUT2D eigenvalue weighted by atomic mass is 10.0. The second-order valence-corrected chi connectivity index (χ2v) is 8.43. The molecule has 0 atom stereocenters. The molecule has 2 aromatic heterocycles. The van der Waals surface area contributed by atoms with Crippen molar-refractivity contribution in [2.24, 2.45) is 0 Å². The SMILES string of the molecule is Cc1ccc(-c2nc3ccn(CCCCCCC(=O)O)c3nc2-c2ccc(C)cc2)cc1. The van der Waals surface area contributed by atoms with E-state index in [2.05, 4.69) is 73.1 Å². The van der Waals surface area contributed by atoms with Gasteiger partial charge in [-0.15, -0.1) is 0 Å². The minimum absolute atomic E-state index is 0.250. The van der Waals surface area contributed by atoms with Gasteiger partial charge >= 0.3 is 5.97 Å². The van der Waals surface area contributed by atoms with E-state index in [9.17, 15) is 4.79 Å². The van der Waals surface area contributed by atoms with E-state index in [0.29, 0.717) is 0 Å². The first kappa shape index (κ1) is 21.8. The molecule has 0 amide bonds. The number of carboxylic acid groups (broad SMARTS) is 1. The Balaban J connectivity index is 1.65. The lowest BCUT2D eigenvalue weighted by Crippen LogP contribution is -2.01. The molecule has 1 N–H and O–H groups in total. The number of carboxylic acids is 1. The van der Waals surface area contributed by atoms with Gasteiger partial charge in [-0.3, -0.25) is 4.79 Å². The molecule has 0 aliphatic rings. The van der Waals surface area contributed by atoms with E-state index in [0.717, 1.165) is 65.9 Å². The molecule has 5 heteroatoms. The van der Waals surface area contributed by atoms with Crippen LogP contribution >= 0.6 is 0 Å². The second kappa shape index (κ2) is 9.77. The van der Waals surface area contributed by atoms with Crippen molar-refractivity contribution >= 4 is 17.1 Å². The van der Waals surface area contributed by atoms with Gasteiger partial charge in [-0.05, 0) is 32.8 Å². The molecule has 4 aromatic rings. The van der Waals surface area contributed by atoms with Gasteiger partial charge in [0.15, 0.2) is 5.65 Å². The fraction of sp³-hybridized carbons (Fsp3) is 0.296. The zero-order chi connectivity index (χ0) is 22.5. The number of hydrogen-bond acceptors (Lipinski definition) is 3.